The average molecular weight is 260 g/mol. The van der Waals surface area contributed by atoms with E-state index in [4.69, 9.17) is 5.73 Å². The number of nitrogen functional groups attached to an aromatic ring is 1. The molecule has 0 bridgehead atoms. The number of aromatic nitrogens is 2. The van der Waals surface area contributed by atoms with Gasteiger partial charge in [-0.15, -0.1) is 0 Å². The van der Waals surface area contributed by atoms with E-state index in [1.807, 2.05) is 22.8 Å². The number of rotatable bonds is 2. The van der Waals surface area contributed by atoms with Crippen LogP contribution >= 0.6 is 0 Å². The normalized spacial score (nSPS) is 11.8. The molecule has 1 amide bonds. The lowest BCUT2D eigenvalue weighted by Gasteiger charge is -2.19. The molecular weight excluding hydrogens is 240 g/mol. The summed E-state index contributed by atoms with van der Waals surface area (Å²) in [5, 5.41) is 2.65. The van der Waals surface area contributed by atoms with Crippen LogP contribution in [0, 0.1) is 0 Å². The van der Waals surface area contributed by atoms with Gasteiger partial charge in [-0.25, -0.2) is 4.98 Å². The van der Waals surface area contributed by atoms with Gasteiger partial charge in [0.1, 0.15) is 12.4 Å². The number of likely N-dealkylation sites (N-methyl/N-ethyl adjacent to an activating group) is 1. The summed E-state index contributed by atoms with van der Waals surface area (Å²) in [6, 6.07) is 5.58. The van der Waals surface area contributed by atoms with Crippen molar-refractivity contribution < 1.29 is 4.79 Å². The zero-order valence-electron chi connectivity index (χ0n) is 11.8. The van der Waals surface area contributed by atoms with Crippen molar-refractivity contribution in [1.29, 1.82) is 0 Å². The molecule has 0 atom stereocenters. The molecule has 0 aliphatic rings. The number of nitrogens with one attached hydrogen (secondary N) is 1. The lowest BCUT2D eigenvalue weighted by atomic mass is 9.95. The molecule has 0 unspecified atom stereocenters. The van der Waals surface area contributed by atoms with Gasteiger partial charge in [0.25, 0.3) is 0 Å². The predicted octanol–water partition coefficient (Wildman–Crippen LogP) is 1.66. The number of imidazole rings is 1. The third-order valence-electron chi connectivity index (χ3n) is 3.02. The summed E-state index contributed by atoms with van der Waals surface area (Å²) in [7, 11) is 1.64. The highest BCUT2D eigenvalue weighted by atomic mass is 16.1. The van der Waals surface area contributed by atoms with Crippen molar-refractivity contribution in [2.24, 2.45) is 0 Å². The van der Waals surface area contributed by atoms with Crippen molar-refractivity contribution in [2.75, 3.05) is 12.8 Å². The zero-order chi connectivity index (χ0) is 14.2. The molecule has 102 valence electrons. The molecule has 1 heterocycles. The number of amides is 1. The van der Waals surface area contributed by atoms with Crippen LogP contribution in [0.5, 0.6) is 0 Å². The standard InChI is InChI=1S/C14H20N4O/c1-14(2,3)13-17-10-7-9(15)5-6-11(10)18(13)8-12(19)16-4/h5-7H,8,15H2,1-4H3,(H,16,19). The summed E-state index contributed by atoms with van der Waals surface area (Å²) in [6.45, 7) is 6.51. The van der Waals surface area contributed by atoms with E-state index >= 15 is 0 Å². The maximum Gasteiger partial charge on any atom is 0.239 e. The number of benzene rings is 1. The molecular formula is C14H20N4O. The fourth-order valence-electron chi connectivity index (χ4n) is 2.10. The van der Waals surface area contributed by atoms with Crippen LogP contribution in [0.15, 0.2) is 18.2 Å². The number of fused-ring (bicyclic) bond motifs is 1. The van der Waals surface area contributed by atoms with Gasteiger partial charge >= 0.3 is 0 Å². The van der Waals surface area contributed by atoms with Gasteiger partial charge in [0.15, 0.2) is 0 Å². The number of anilines is 1. The van der Waals surface area contributed by atoms with Crippen LogP contribution in [0.1, 0.15) is 26.6 Å². The summed E-state index contributed by atoms with van der Waals surface area (Å²) in [5.74, 6) is 0.846. The first-order chi connectivity index (χ1) is 8.82. The third kappa shape index (κ3) is 2.54. The van der Waals surface area contributed by atoms with E-state index in [-0.39, 0.29) is 17.9 Å². The highest BCUT2D eigenvalue weighted by Crippen LogP contribution is 2.27. The molecule has 2 aromatic rings. The van der Waals surface area contributed by atoms with Crippen LogP contribution in [0.4, 0.5) is 5.69 Å². The molecule has 0 saturated heterocycles. The first-order valence-electron chi connectivity index (χ1n) is 6.30. The fraction of sp³-hybridized carbons (Fsp3) is 0.429. The van der Waals surface area contributed by atoms with Crippen LogP contribution in [-0.4, -0.2) is 22.5 Å². The Hall–Kier alpha value is -2.04. The monoisotopic (exact) mass is 260 g/mol. The van der Waals surface area contributed by atoms with Gasteiger partial charge in [-0.3, -0.25) is 4.79 Å². The number of hydrogen-bond acceptors (Lipinski definition) is 3. The predicted molar refractivity (Wildman–Crippen MR) is 76.9 cm³/mol. The van der Waals surface area contributed by atoms with Crippen LogP contribution in [0.2, 0.25) is 0 Å². The summed E-state index contributed by atoms with van der Waals surface area (Å²) < 4.78 is 1.95. The Balaban J connectivity index is 2.65. The first kappa shape index (κ1) is 13.4. The molecule has 0 radical (unpaired) electrons. The van der Waals surface area contributed by atoms with E-state index in [1.165, 1.54) is 0 Å². The zero-order valence-corrected chi connectivity index (χ0v) is 11.8. The highest BCUT2D eigenvalue weighted by Gasteiger charge is 2.23. The minimum absolute atomic E-state index is 0.0402. The topological polar surface area (TPSA) is 72.9 Å². The molecule has 3 N–H and O–H groups in total. The maximum absolute atomic E-state index is 11.7. The quantitative estimate of drug-likeness (QED) is 0.807. The first-order valence-corrected chi connectivity index (χ1v) is 6.30. The van der Waals surface area contributed by atoms with Crippen molar-refractivity contribution in [1.82, 2.24) is 14.9 Å². The van der Waals surface area contributed by atoms with Gasteiger partial charge in [-0.05, 0) is 18.2 Å². The minimum Gasteiger partial charge on any atom is -0.399 e. The SMILES string of the molecule is CNC(=O)Cn1c(C(C)(C)C)nc2cc(N)ccc21. The van der Waals surface area contributed by atoms with Crippen molar-refractivity contribution >= 4 is 22.6 Å². The van der Waals surface area contributed by atoms with Crippen LogP contribution in [-0.2, 0) is 16.8 Å². The van der Waals surface area contributed by atoms with Crippen molar-refractivity contribution in [3.05, 3.63) is 24.0 Å². The van der Waals surface area contributed by atoms with Gasteiger partial charge in [0, 0.05) is 18.2 Å². The molecule has 0 saturated carbocycles. The molecule has 1 aromatic carbocycles. The van der Waals surface area contributed by atoms with Crippen LogP contribution in [0.25, 0.3) is 11.0 Å². The third-order valence-corrected chi connectivity index (χ3v) is 3.02. The number of carbonyl (C=O) groups is 1. The van der Waals surface area contributed by atoms with Gasteiger partial charge in [0.05, 0.1) is 11.0 Å². The molecule has 0 aliphatic carbocycles. The van der Waals surface area contributed by atoms with Crippen LogP contribution in [0.3, 0.4) is 0 Å². The second-order valence-corrected chi connectivity index (χ2v) is 5.69. The van der Waals surface area contributed by atoms with Crippen molar-refractivity contribution in [3.63, 3.8) is 0 Å². The molecule has 0 aliphatic heterocycles. The van der Waals surface area contributed by atoms with Gasteiger partial charge in [-0.1, -0.05) is 20.8 Å². The van der Waals surface area contributed by atoms with Crippen LogP contribution < -0.4 is 11.1 Å². The average Bonchev–Trinajstić information content (AvgIpc) is 2.67. The van der Waals surface area contributed by atoms with E-state index in [9.17, 15) is 4.79 Å². The Labute approximate surface area is 112 Å². The second kappa shape index (κ2) is 4.57. The van der Waals surface area contributed by atoms with E-state index in [0.717, 1.165) is 16.9 Å². The molecule has 5 nitrogen and oxygen atoms in total. The minimum atomic E-state index is -0.137. The summed E-state index contributed by atoms with van der Waals surface area (Å²) in [4.78, 5) is 16.3. The number of carbonyl (C=O) groups excluding carboxylic acids is 1. The summed E-state index contributed by atoms with van der Waals surface area (Å²) in [5.41, 5.74) is 8.09. The summed E-state index contributed by atoms with van der Waals surface area (Å²) in [6.07, 6.45) is 0. The van der Waals surface area contributed by atoms with E-state index in [2.05, 4.69) is 31.1 Å². The molecule has 0 fully saturated rings. The molecule has 5 heteroatoms. The maximum atomic E-state index is 11.7. The van der Waals surface area contributed by atoms with E-state index in [1.54, 1.807) is 7.05 Å². The summed E-state index contributed by atoms with van der Waals surface area (Å²) >= 11 is 0. The van der Waals surface area contributed by atoms with Gasteiger partial charge < -0.3 is 15.6 Å². The molecule has 2 rings (SSSR count). The smallest absolute Gasteiger partial charge is 0.239 e. The van der Waals surface area contributed by atoms with E-state index < -0.39 is 0 Å². The lowest BCUT2D eigenvalue weighted by molar-refractivity contribution is -0.121. The van der Waals surface area contributed by atoms with Gasteiger partial charge in [0.2, 0.25) is 5.91 Å². The number of nitrogens with two attached hydrogens (primary N) is 1. The number of hydrogen-bond donors (Lipinski definition) is 2. The second-order valence-electron chi connectivity index (χ2n) is 5.69. The Morgan fingerprint density at radius 2 is 2.11 bits per heavy atom. The van der Waals surface area contributed by atoms with Crippen molar-refractivity contribution in [3.8, 4) is 0 Å². The number of nitrogens with zero attached hydrogens (tertiary/aromatic N) is 2. The molecule has 0 spiro atoms. The Kier molecular flexibility index (Phi) is 3.22. The lowest BCUT2D eigenvalue weighted by Crippen LogP contribution is -2.27. The Morgan fingerprint density at radius 1 is 1.42 bits per heavy atom. The molecule has 19 heavy (non-hydrogen) atoms. The fourth-order valence-corrected chi connectivity index (χ4v) is 2.10. The Morgan fingerprint density at radius 3 is 2.68 bits per heavy atom. The Bertz CT molecular complexity index is 622. The van der Waals surface area contributed by atoms with Crippen molar-refractivity contribution in [2.45, 2.75) is 32.7 Å². The van der Waals surface area contributed by atoms with Gasteiger partial charge in [-0.2, -0.15) is 0 Å². The van der Waals surface area contributed by atoms with E-state index in [0.29, 0.717) is 5.69 Å². The highest BCUT2D eigenvalue weighted by molar-refractivity contribution is 5.83. The largest absolute Gasteiger partial charge is 0.399 e. The molecule has 1 aromatic heterocycles.